The van der Waals surface area contributed by atoms with Crippen LogP contribution in [0.1, 0.15) is 37.2 Å². The van der Waals surface area contributed by atoms with Gasteiger partial charge in [0.1, 0.15) is 0 Å². The summed E-state index contributed by atoms with van der Waals surface area (Å²) in [7, 11) is 0. The van der Waals surface area contributed by atoms with Crippen molar-refractivity contribution < 1.29 is 9.59 Å². The molecule has 0 spiro atoms. The number of para-hydroxylation sites is 1. The highest BCUT2D eigenvalue weighted by atomic mass is 35.5. The van der Waals surface area contributed by atoms with Gasteiger partial charge in [0.2, 0.25) is 5.91 Å². The van der Waals surface area contributed by atoms with Gasteiger partial charge in [0.05, 0.1) is 20.8 Å². The molecule has 0 radical (unpaired) electrons. The molecule has 1 amide bonds. The molecule has 1 atom stereocenters. The van der Waals surface area contributed by atoms with Crippen LogP contribution in [-0.4, -0.2) is 11.7 Å². The lowest BCUT2D eigenvalue weighted by Gasteiger charge is -2.38. The van der Waals surface area contributed by atoms with E-state index in [1.807, 2.05) is 24.3 Å². The molecule has 138 valence electrons. The summed E-state index contributed by atoms with van der Waals surface area (Å²) in [4.78, 5) is 27.6. The Hall–Kier alpha value is -1.81. The fourth-order valence-electron chi connectivity index (χ4n) is 3.92. The molecular weight excluding hydrogens is 405 g/mol. The number of anilines is 1. The Balaban J connectivity index is 1.88. The number of halogens is 3. The second-order valence-corrected chi connectivity index (χ2v) is 7.97. The van der Waals surface area contributed by atoms with Crippen LogP contribution in [-0.2, 0) is 9.59 Å². The number of nitrogens with zero attached hydrogens (tertiary/aromatic N) is 1. The Morgan fingerprint density at radius 2 is 1.67 bits per heavy atom. The molecule has 0 saturated heterocycles. The molecule has 1 heterocycles. The first-order valence-electron chi connectivity index (χ1n) is 8.76. The largest absolute Gasteiger partial charge is 0.294 e. The molecule has 1 aliphatic heterocycles. The highest BCUT2D eigenvalue weighted by molar-refractivity contribution is 6.42. The molecule has 1 unspecified atom stereocenters. The molecular formula is C21H16Cl3NO2. The van der Waals surface area contributed by atoms with Crippen LogP contribution in [0.25, 0.3) is 0 Å². The van der Waals surface area contributed by atoms with Crippen LogP contribution >= 0.6 is 34.8 Å². The standard InChI is InChI=1S/C21H16Cl3NO2/c22-14-9-8-12(10-16(14)24)13-11-20(27)25(17-5-2-1-4-15(17)23)18-6-3-7-19(26)21(13)18/h1-2,4-5,8-10,13H,3,6-7,11H2. The van der Waals surface area contributed by atoms with E-state index in [1.54, 1.807) is 23.1 Å². The summed E-state index contributed by atoms with van der Waals surface area (Å²) in [6.07, 6.45) is 2.06. The topological polar surface area (TPSA) is 37.4 Å². The smallest absolute Gasteiger partial charge is 0.232 e. The number of carbonyl (C=O) groups excluding carboxylic acids is 2. The first-order chi connectivity index (χ1) is 13.0. The van der Waals surface area contributed by atoms with Crippen molar-refractivity contribution in [2.24, 2.45) is 0 Å². The maximum Gasteiger partial charge on any atom is 0.232 e. The Labute approximate surface area is 172 Å². The lowest BCUT2D eigenvalue weighted by atomic mass is 9.77. The van der Waals surface area contributed by atoms with Crippen LogP contribution in [0.5, 0.6) is 0 Å². The van der Waals surface area contributed by atoms with Gasteiger partial charge in [0.15, 0.2) is 5.78 Å². The monoisotopic (exact) mass is 419 g/mol. The van der Waals surface area contributed by atoms with E-state index in [4.69, 9.17) is 34.8 Å². The van der Waals surface area contributed by atoms with Crippen LogP contribution in [0.15, 0.2) is 53.7 Å². The Morgan fingerprint density at radius 3 is 2.41 bits per heavy atom. The summed E-state index contributed by atoms with van der Waals surface area (Å²) < 4.78 is 0. The van der Waals surface area contributed by atoms with Gasteiger partial charge in [-0.3, -0.25) is 14.5 Å². The zero-order chi connectivity index (χ0) is 19.1. The minimum absolute atomic E-state index is 0.0763. The van der Waals surface area contributed by atoms with E-state index in [9.17, 15) is 9.59 Å². The van der Waals surface area contributed by atoms with Crippen LogP contribution in [0.2, 0.25) is 15.1 Å². The molecule has 4 rings (SSSR count). The molecule has 0 bridgehead atoms. The van der Waals surface area contributed by atoms with E-state index in [-0.39, 0.29) is 24.0 Å². The third-order valence-corrected chi connectivity index (χ3v) is 6.17. The molecule has 1 aliphatic carbocycles. The van der Waals surface area contributed by atoms with Crippen LogP contribution < -0.4 is 4.90 Å². The van der Waals surface area contributed by atoms with Gasteiger partial charge in [0, 0.05) is 30.0 Å². The van der Waals surface area contributed by atoms with Crippen LogP contribution in [0, 0.1) is 0 Å². The Bertz CT molecular complexity index is 983. The van der Waals surface area contributed by atoms with Crippen molar-refractivity contribution in [3.05, 3.63) is 74.4 Å². The van der Waals surface area contributed by atoms with Crippen molar-refractivity contribution in [3.63, 3.8) is 0 Å². The molecule has 3 nitrogen and oxygen atoms in total. The molecule has 2 aliphatic rings. The summed E-state index contributed by atoms with van der Waals surface area (Å²) in [5.74, 6) is -0.307. The van der Waals surface area contributed by atoms with Gasteiger partial charge in [-0.05, 0) is 42.7 Å². The zero-order valence-electron chi connectivity index (χ0n) is 14.3. The second-order valence-electron chi connectivity index (χ2n) is 6.75. The number of carbonyl (C=O) groups is 2. The van der Waals surface area contributed by atoms with E-state index < -0.39 is 0 Å². The van der Waals surface area contributed by atoms with E-state index in [1.165, 1.54) is 0 Å². The summed E-state index contributed by atoms with van der Waals surface area (Å²) >= 11 is 18.6. The third-order valence-electron chi connectivity index (χ3n) is 5.11. The lowest BCUT2D eigenvalue weighted by Crippen LogP contribution is -2.40. The molecule has 2 aromatic rings. The van der Waals surface area contributed by atoms with Crippen LogP contribution in [0.4, 0.5) is 5.69 Å². The summed E-state index contributed by atoms with van der Waals surface area (Å²) in [6.45, 7) is 0. The van der Waals surface area contributed by atoms with Gasteiger partial charge in [-0.1, -0.05) is 53.0 Å². The highest BCUT2D eigenvalue weighted by Crippen LogP contribution is 2.45. The average Bonchev–Trinajstić information content (AvgIpc) is 2.64. The molecule has 27 heavy (non-hydrogen) atoms. The van der Waals surface area contributed by atoms with Gasteiger partial charge in [-0.2, -0.15) is 0 Å². The van der Waals surface area contributed by atoms with Crippen molar-refractivity contribution in [1.82, 2.24) is 0 Å². The quantitative estimate of drug-likeness (QED) is 0.582. The SMILES string of the molecule is O=C1CCCC2=C1C(c1ccc(Cl)c(Cl)c1)CC(=O)N2c1ccccc1Cl. The number of amides is 1. The second kappa shape index (κ2) is 7.31. The molecule has 2 aromatic carbocycles. The number of allylic oxidation sites excluding steroid dienone is 2. The van der Waals surface area contributed by atoms with Crippen molar-refractivity contribution in [3.8, 4) is 0 Å². The van der Waals surface area contributed by atoms with E-state index in [0.717, 1.165) is 17.7 Å². The predicted octanol–water partition coefficient (Wildman–Crippen LogP) is 6.17. The molecule has 6 heteroatoms. The summed E-state index contributed by atoms with van der Waals surface area (Å²) in [6, 6.07) is 12.5. The number of hydrogen-bond acceptors (Lipinski definition) is 2. The van der Waals surface area contributed by atoms with Gasteiger partial charge in [-0.15, -0.1) is 0 Å². The fourth-order valence-corrected chi connectivity index (χ4v) is 4.45. The van der Waals surface area contributed by atoms with Gasteiger partial charge in [-0.25, -0.2) is 0 Å². The summed E-state index contributed by atoms with van der Waals surface area (Å²) in [5, 5.41) is 1.36. The maximum absolute atomic E-state index is 13.1. The van der Waals surface area contributed by atoms with Gasteiger partial charge in [0.25, 0.3) is 0 Å². The first kappa shape index (κ1) is 18.5. The van der Waals surface area contributed by atoms with Crippen molar-refractivity contribution in [2.75, 3.05) is 4.90 Å². The number of benzene rings is 2. The number of Topliss-reactive ketones (excluding diaryl/α,β-unsaturated/α-hetero) is 1. The molecule has 0 fully saturated rings. The molecule has 0 N–H and O–H groups in total. The highest BCUT2D eigenvalue weighted by Gasteiger charge is 2.40. The Kier molecular flexibility index (Phi) is 5.02. The van der Waals surface area contributed by atoms with E-state index in [0.29, 0.717) is 39.2 Å². The van der Waals surface area contributed by atoms with Gasteiger partial charge >= 0.3 is 0 Å². The zero-order valence-corrected chi connectivity index (χ0v) is 16.6. The summed E-state index contributed by atoms with van der Waals surface area (Å²) in [5.41, 5.74) is 2.91. The van der Waals surface area contributed by atoms with Crippen LogP contribution in [0.3, 0.4) is 0 Å². The first-order valence-corrected chi connectivity index (χ1v) is 9.89. The number of rotatable bonds is 2. The van der Waals surface area contributed by atoms with Crippen molar-refractivity contribution in [2.45, 2.75) is 31.6 Å². The molecule has 0 aromatic heterocycles. The number of ketones is 1. The van der Waals surface area contributed by atoms with Gasteiger partial charge < -0.3 is 0 Å². The predicted molar refractivity (Wildman–Crippen MR) is 109 cm³/mol. The maximum atomic E-state index is 13.1. The molecule has 0 saturated carbocycles. The third kappa shape index (κ3) is 3.29. The average molecular weight is 421 g/mol. The number of hydrogen-bond donors (Lipinski definition) is 0. The minimum atomic E-state index is -0.311. The Morgan fingerprint density at radius 1 is 0.889 bits per heavy atom. The van der Waals surface area contributed by atoms with Crippen molar-refractivity contribution in [1.29, 1.82) is 0 Å². The lowest BCUT2D eigenvalue weighted by molar-refractivity contribution is -0.119. The fraction of sp³-hybridized carbons (Fsp3) is 0.238. The normalized spacial score (nSPS) is 20.1. The van der Waals surface area contributed by atoms with E-state index in [2.05, 4.69) is 0 Å². The van der Waals surface area contributed by atoms with Crippen molar-refractivity contribution >= 4 is 52.2 Å². The minimum Gasteiger partial charge on any atom is -0.294 e. The van der Waals surface area contributed by atoms with E-state index >= 15 is 0 Å².